The maximum absolute atomic E-state index is 13.4. The molecule has 3 amide bonds. The number of halogens is 1. The first-order valence-corrected chi connectivity index (χ1v) is 13.0. The minimum Gasteiger partial charge on any atom is -0.463 e. The molecule has 1 atom stereocenters. The molecule has 8 heteroatoms. The number of anilines is 1. The van der Waals surface area contributed by atoms with Gasteiger partial charge >= 0.3 is 12.0 Å². The Morgan fingerprint density at radius 2 is 1.74 bits per heavy atom. The van der Waals surface area contributed by atoms with Crippen LogP contribution in [0.5, 0.6) is 0 Å². The summed E-state index contributed by atoms with van der Waals surface area (Å²) in [7, 11) is 0. The summed E-state index contributed by atoms with van der Waals surface area (Å²) >= 11 is 5.94. The molecule has 2 N–H and O–H groups in total. The van der Waals surface area contributed by atoms with Gasteiger partial charge in [0.05, 0.1) is 23.9 Å². The van der Waals surface area contributed by atoms with Gasteiger partial charge in [0.2, 0.25) is 0 Å². The van der Waals surface area contributed by atoms with Crippen molar-refractivity contribution in [3.63, 3.8) is 0 Å². The van der Waals surface area contributed by atoms with Gasteiger partial charge in [-0.15, -0.1) is 0 Å². The number of carbonyl (C=O) groups is 3. The van der Waals surface area contributed by atoms with Gasteiger partial charge in [0, 0.05) is 22.8 Å². The molecule has 196 valence electrons. The molecule has 0 aromatic heterocycles. The maximum Gasteiger partial charge on any atom is 0.338 e. The Morgan fingerprint density at radius 1 is 1.00 bits per heavy atom. The Hall–Kier alpha value is -4.10. The molecule has 0 bridgehead atoms. The fraction of sp³-hybridized carbons (Fsp3) is 0.233. The summed E-state index contributed by atoms with van der Waals surface area (Å²) in [4.78, 5) is 41.3. The fourth-order valence-electron chi connectivity index (χ4n) is 4.37. The van der Waals surface area contributed by atoms with Crippen LogP contribution in [0.2, 0.25) is 5.02 Å². The number of carbonyl (C=O) groups excluding carboxylic acids is 3. The van der Waals surface area contributed by atoms with Crippen molar-refractivity contribution in [3.8, 4) is 0 Å². The van der Waals surface area contributed by atoms with Crippen molar-refractivity contribution in [2.75, 3.05) is 18.5 Å². The highest BCUT2D eigenvalue weighted by Crippen LogP contribution is 2.37. The number of unbranched alkanes of at least 4 members (excludes halogenated alkanes) is 1. The Bertz CT molecular complexity index is 1340. The summed E-state index contributed by atoms with van der Waals surface area (Å²) in [5.41, 5.74) is 3.24. The average molecular weight is 532 g/mol. The Kier molecular flexibility index (Phi) is 8.81. The van der Waals surface area contributed by atoms with E-state index in [4.69, 9.17) is 16.3 Å². The van der Waals surface area contributed by atoms with Gasteiger partial charge in [-0.2, -0.15) is 0 Å². The lowest BCUT2D eigenvalue weighted by Crippen LogP contribution is -2.48. The van der Waals surface area contributed by atoms with Crippen molar-refractivity contribution >= 4 is 40.9 Å². The van der Waals surface area contributed by atoms with Gasteiger partial charge in [-0.05, 0) is 60.9 Å². The number of rotatable bonds is 9. The predicted octanol–water partition coefficient (Wildman–Crippen LogP) is 6.43. The largest absolute Gasteiger partial charge is 0.463 e. The number of benzene rings is 3. The maximum atomic E-state index is 13.4. The molecule has 0 saturated heterocycles. The van der Waals surface area contributed by atoms with E-state index in [0.29, 0.717) is 39.7 Å². The molecule has 0 saturated carbocycles. The number of nitrogens with zero attached hydrogens (tertiary/aromatic N) is 1. The minimum atomic E-state index is -0.776. The van der Waals surface area contributed by atoms with Gasteiger partial charge in [0.1, 0.15) is 0 Å². The van der Waals surface area contributed by atoms with Gasteiger partial charge in [-0.3, -0.25) is 9.69 Å². The van der Waals surface area contributed by atoms with Gasteiger partial charge in [0.15, 0.2) is 0 Å². The van der Waals surface area contributed by atoms with Gasteiger partial charge < -0.3 is 15.4 Å². The third-order valence-electron chi connectivity index (χ3n) is 6.19. The van der Waals surface area contributed by atoms with E-state index < -0.39 is 12.0 Å². The normalized spacial score (nSPS) is 15.2. The third kappa shape index (κ3) is 6.06. The van der Waals surface area contributed by atoms with E-state index in [1.165, 1.54) is 0 Å². The van der Waals surface area contributed by atoms with Gasteiger partial charge in [-0.1, -0.05) is 67.4 Å². The van der Waals surface area contributed by atoms with E-state index in [-0.39, 0.29) is 18.5 Å². The lowest BCUT2D eigenvalue weighted by molar-refractivity contribution is -0.138. The van der Waals surface area contributed by atoms with E-state index in [1.807, 2.05) is 43.3 Å². The number of nitrogens with one attached hydrogen (secondary N) is 2. The Balaban J connectivity index is 1.78. The molecule has 1 heterocycles. The zero-order valence-corrected chi connectivity index (χ0v) is 22.1. The first-order valence-electron chi connectivity index (χ1n) is 12.6. The standard InChI is InChI=1S/C30H30ClN3O4/c1-3-5-18-34-27(20-10-7-6-8-11-20)25(29(36)38-4-2)26(33-30(34)37)22-12-9-13-24(19-22)32-28(35)21-14-16-23(31)17-15-21/h6-17,19,26H,3-5,18H2,1-2H3,(H,32,35)(H,33,37). The molecule has 3 aromatic rings. The monoisotopic (exact) mass is 531 g/mol. The summed E-state index contributed by atoms with van der Waals surface area (Å²) in [6.07, 6.45) is 1.66. The number of hydrogen-bond acceptors (Lipinski definition) is 4. The van der Waals surface area contributed by atoms with Crippen LogP contribution in [0.1, 0.15) is 54.2 Å². The lowest BCUT2D eigenvalue weighted by atomic mass is 9.91. The van der Waals surface area contributed by atoms with Crippen LogP contribution in [0.3, 0.4) is 0 Å². The first kappa shape index (κ1) is 26.9. The number of hydrogen-bond donors (Lipinski definition) is 2. The molecule has 1 unspecified atom stereocenters. The summed E-state index contributed by atoms with van der Waals surface area (Å²) < 4.78 is 5.48. The van der Waals surface area contributed by atoms with Crippen molar-refractivity contribution < 1.29 is 19.1 Å². The molecule has 38 heavy (non-hydrogen) atoms. The third-order valence-corrected chi connectivity index (χ3v) is 6.44. The first-order chi connectivity index (χ1) is 18.4. The highest BCUT2D eigenvalue weighted by molar-refractivity contribution is 6.30. The molecule has 3 aromatic carbocycles. The second-order valence-corrected chi connectivity index (χ2v) is 9.26. The average Bonchev–Trinajstić information content (AvgIpc) is 2.93. The number of amides is 3. The fourth-order valence-corrected chi connectivity index (χ4v) is 4.49. The van der Waals surface area contributed by atoms with Crippen LogP contribution in [-0.2, 0) is 9.53 Å². The van der Waals surface area contributed by atoms with Crippen LogP contribution in [-0.4, -0.2) is 36.0 Å². The molecular weight excluding hydrogens is 502 g/mol. The van der Waals surface area contributed by atoms with Crippen molar-refractivity contribution in [1.82, 2.24) is 10.2 Å². The van der Waals surface area contributed by atoms with E-state index in [2.05, 4.69) is 10.6 Å². The quantitative estimate of drug-likeness (QED) is 0.311. The molecule has 4 rings (SSSR count). The highest BCUT2D eigenvalue weighted by atomic mass is 35.5. The SMILES string of the molecule is CCCCN1C(=O)NC(c2cccc(NC(=O)c3ccc(Cl)cc3)c2)C(C(=O)OCC)=C1c1ccccc1. The van der Waals surface area contributed by atoms with Crippen molar-refractivity contribution in [1.29, 1.82) is 0 Å². The van der Waals surface area contributed by atoms with Crippen LogP contribution in [0.15, 0.2) is 84.4 Å². The van der Waals surface area contributed by atoms with Crippen LogP contribution in [0, 0.1) is 0 Å². The Labute approximate surface area is 227 Å². The van der Waals surface area contributed by atoms with Crippen molar-refractivity contribution in [2.45, 2.75) is 32.7 Å². The molecule has 1 aliphatic rings. The Morgan fingerprint density at radius 3 is 2.42 bits per heavy atom. The van der Waals surface area contributed by atoms with Crippen molar-refractivity contribution in [3.05, 3.63) is 106 Å². The summed E-state index contributed by atoms with van der Waals surface area (Å²) in [5, 5.41) is 6.42. The number of urea groups is 1. The van der Waals surface area contributed by atoms with E-state index >= 15 is 0 Å². The molecule has 7 nitrogen and oxygen atoms in total. The van der Waals surface area contributed by atoms with Gasteiger partial charge in [0.25, 0.3) is 5.91 Å². The smallest absolute Gasteiger partial charge is 0.338 e. The minimum absolute atomic E-state index is 0.192. The lowest BCUT2D eigenvalue weighted by Gasteiger charge is -2.37. The second kappa shape index (κ2) is 12.4. The molecular formula is C30H30ClN3O4. The molecule has 0 aliphatic carbocycles. The van der Waals surface area contributed by atoms with Crippen LogP contribution in [0.4, 0.5) is 10.5 Å². The molecule has 0 spiro atoms. The second-order valence-electron chi connectivity index (χ2n) is 8.82. The summed E-state index contributed by atoms with van der Waals surface area (Å²) in [5.74, 6) is -0.808. The molecule has 1 aliphatic heterocycles. The van der Waals surface area contributed by atoms with E-state index in [9.17, 15) is 14.4 Å². The molecule has 0 fully saturated rings. The van der Waals surface area contributed by atoms with Gasteiger partial charge in [-0.25, -0.2) is 9.59 Å². The summed E-state index contributed by atoms with van der Waals surface area (Å²) in [6, 6.07) is 22.0. The number of ether oxygens (including phenoxy) is 1. The van der Waals surface area contributed by atoms with Crippen LogP contribution >= 0.6 is 11.6 Å². The van der Waals surface area contributed by atoms with E-state index in [0.717, 1.165) is 18.4 Å². The molecule has 0 radical (unpaired) electrons. The zero-order chi connectivity index (χ0) is 27.1. The summed E-state index contributed by atoms with van der Waals surface area (Å²) in [6.45, 7) is 4.45. The highest BCUT2D eigenvalue weighted by Gasteiger charge is 2.38. The van der Waals surface area contributed by atoms with E-state index in [1.54, 1.807) is 54.3 Å². The van der Waals surface area contributed by atoms with Crippen LogP contribution in [0.25, 0.3) is 5.70 Å². The topological polar surface area (TPSA) is 87.7 Å². The predicted molar refractivity (Wildman–Crippen MR) is 149 cm³/mol. The van der Waals surface area contributed by atoms with Crippen molar-refractivity contribution in [2.24, 2.45) is 0 Å². The number of esters is 1. The van der Waals surface area contributed by atoms with Crippen LogP contribution < -0.4 is 10.6 Å². The zero-order valence-electron chi connectivity index (χ0n) is 21.4.